The van der Waals surface area contributed by atoms with E-state index in [0.717, 1.165) is 5.56 Å². The molecule has 0 saturated carbocycles. The van der Waals surface area contributed by atoms with Gasteiger partial charge in [0.1, 0.15) is 11.8 Å². The van der Waals surface area contributed by atoms with Crippen molar-refractivity contribution in [3.63, 3.8) is 0 Å². The van der Waals surface area contributed by atoms with Gasteiger partial charge in [-0.2, -0.15) is 5.10 Å². The number of aryl methyl sites for hydroxylation is 2. The Kier molecular flexibility index (Phi) is 9.09. The van der Waals surface area contributed by atoms with E-state index in [0.29, 0.717) is 42.3 Å². The number of fused-ring (bicyclic) bond motifs is 1. The number of aliphatic hydroxyl groups is 1. The third-order valence-electron chi connectivity index (χ3n) is 7.32. The minimum atomic E-state index is -0.974. The Morgan fingerprint density at radius 2 is 1.93 bits per heavy atom. The number of hydrogen-bond donors (Lipinski definition) is 3. The Balaban J connectivity index is 1.65. The molecule has 0 bridgehead atoms. The number of anilines is 1. The number of aliphatic hydroxyl groups excluding tert-OH is 1. The average molecular weight is 564 g/mol. The van der Waals surface area contributed by atoms with Crippen LogP contribution in [0.1, 0.15) is 56.3 Å². The van der Waals surface area contributed by atoms with Crippen LogP contribution in [0, 0.1) is 12.8 Å². The molecule has 41 heavy (non-hydrogen) atoms. The predicted molar refractivity (Wildman–Crippen MR) is 153 cm³/mol. The van der Waals surface area contributed by atoms with Crippen molar-refractivity contribution in [3.05, 3.63) is 76.6 Å². The number of hydrogen-bond acceptors (Lipinski definition) is 7. The lowest BCUT2D eigenvalue weighted by molar-refractivity contribution is 0.0343. The number of amides is 2. The molecule has 0 fully saturated rings. The number of carboxylic acids is 1. The highest BCUT2D eigenvalue weighted by Crippen LogP contribution is 2.35. The highest BCUT2D eigenvalue weighted by atomic mass is 16.5. The Labute approximate surface area is 239 Å². The predicted octanol–water partition coefficient (Wildman–Crippen LogP) is 3.03. The summed E-state index contributed by atoms with van der Waals surface area (Å²) in [6.07, 6.45) is -0.379. The number of carbonyl (C=O) groups is 3. The van der Waals surface area contributed by atoms with E-state index in [1.54, 1.807) is 74.3 Å². The van der Waals surface area contributed by atoms with Crippen LogP contribution in [0.2, 0.25) is 0 Å². The fourth-order valence-corrected chi connectivity index (χ4v) is 5.01. The van der Waals surface area contributed by atoms with Gasteiger partial charge in [0, 0.05) is 32.6 Å². The minimum absolute atomic E-state index is 0.124. The molecular weight excluding hydrogens is 526 g/mol. The van der Waals surface area contributed by atoms with Gasteiger partial charge in [0.2, 0.25) is 0 Å². The highest BCUT2D eigenvalue weighted by Gasteiger charge is 2.34. The molecule has 2 amide bonds. The zero-order valence-electron chi connectivity index (χ0n) is 24.0. The number of ether oxygens (including phenoxy) is 1. The summed E-state index contributed by atoms with van der Waals surface area (Å²) in [5.74, 6) is -1.49. The number of aromatic nitrogens is 2. The Hall–Kier alpha value is -4.22. The van der Waals surface area contributed by atoms with Gasteiger partial charge in [-0.15, -0.1) is 0 Å². The summed E-state index contributed by atoms with van der Waals surface area (Å²) in [6.45, 7) is 6.81. The van der Waals surface area contributed by atoms with Crippen molar-refractivity contribution in [2.24, 2.45) is 13.0 Å². The van der Waals surface area contributed by atoms with E-state index >= 15 is 0 Å². The van der Waals surface area contributed by atoms with Crippen LogP contribution in [-0.2, 0) is 13.6 Å². The minimum Gasteiger partial charge on any atom is -0.486 e. The van der Waals surface area contributed by atoms with E-state index < -0.39 is 12.0 Å². The van der Waals surface area contributed by atoms with E-state index in [1.165, 1.54) is 4.68 Å². The standard InChI is InChI=1S/C30H37N5O6/c1-18-14-35(20(3)17-36)29(38)23-7-6-8-24(31-28(37)25-13-19(2)32-34(25)5)27(23)41-26(18)16-33(4)15-21-9-11-22(12-10-21)30(39)40/h6-13,18,20,26,36H,14-17H2,1-5H3,(H,31,37)(H,39,40)/t18-,20+,26-/m1/s1. The second-order valence-corrected chi connectivity index (χ2v) is 10.8. The first kappa shape index (κ1) is 29.8. The van der Waals surface area contributed by atoms with Crippen LogP contribution in [0.15, 0.2) is 48.5 Å². The molecule has 4 rings (SSSR count). The highest BCUT2D eigenvalue weighted by molar-refractivity contribution is 6.06. The molecule has 3 atom stereocenters. The van der Waals surface area contributed by atoms with Crippen molar-refractivity contribution in [2.75, 3.05) is 32.1 Å². The summed E-state index contributed by atoms with van der Waals surface area (Å²) in [4.78, 5) is 41.8. The molecule has 0 unspecified atom stereocenters. The molecular formula is C30H37N5O6. The summed E-state index contributed by atoms with van der Waals surface area (Å²) in [5.41, 5.74) is 2.91. The molecule has 11 heteroatoms. The van der Waals surface area contributed by atoms with Gasteiger partial charge < -0.3 is 25.2 Å². The van der Waals surface area contributed by atoms with Gasteiger partial charge in [0.15, 0.2) is 5.75 Å². The van der Waals surface area contributed by atoms with Gasteiger partial charge in [-0.1, -0.05) is 25.1 Å². The van der Waals surface area contributed by atoms with Crippen LogP contribution in [-0.4, -0.2) is 86.5 Å². The van der Waals surface area contributed by atoms with Crippen molar-refractivity contribution in [1.82, 2.24) is 19.6 Å². The third-order valence-corrected chi connectivity index (χ3v) is 7.32. The number of nitrogens with one attached hydrogen (secondary N) is 1. The van der Waals surface area contributed by atoms with E-state index in [2.05, 4.69) is 15.3 Å². The molecule has 1 aliphatic rings. The van der Waals surface area contributed by atoms with Crippen LogP contribution >= 0.6 is 0 Å². The molecule has 2 aromatic carbocycles. The van der Waals surface area contributed by atoms with Crippen LogP contribution in [0.5, 0.6) is 5.75 Å². The molecule has 1 aromatic heterocycles. The first-order valence-electron chi connectivity index (χ1n) is 13.5. The quantitative estimate of drug-likeness (QED) is 0.361. The average Bonchev–Trinajstić information content (AvgIpc) is 3.28. The second-order valence-electron chi connectivity index (χ2n) is 10.8. The van der Waals surface area contributed by atoms with Gasteiger partial charge in [0.05, 0.1) is 35.2 Å². The Morgan fingerprint density at radius 3 is 2.54 bits per heavy atom. The number of para-hydroxylation sites is 1. The topological polar surface area (TPSA) is 137 Å². The summed E-state index contributed by atoms with van der Waals surface area (Å²) in [7, 11) is 3.63. The normalized spacial score (nSPS) is 17.8. The molecule has 2 heterocycles. The lowest BCUT2D eigenvalue weighted by Crippen LogP contribution is -2.49. The molecule has 3 N–H and O–H groups in total. The molecule has 0 aliphatic carbocycles. The van der Waals surface area contributed by atoms with Crippen molar-refractivity contribution in [3.8, 4) is 5.75 Å². The lowest BCUT2D eigenvalue weighted by Gasteiger charge is -2.38. The second kappa shape index (κ2) is 12.5. The number of carbonyl (C=O) groups excluding carboxylic acids is 2. The monoisotopic (exact) mass is 563 g/mol. The third kappa shape index (κ3) is 6.75. The zero-order valence-corrected chi connectivity index (χ0v) is 24.0. The van der Waals surface area contributed by atoms with Crippen LogP contribution in [0.3, 0.4) is 0 Å². The van der Waals surface area contributed by atoms with E-state index in [9.17, 15) is 24.6 Å². The summed E-state index contributed by atoms with van der Waals surface area (Å²) >= 11 is 0. The zero-order chi connectivity index (χ0) is 29.8. The van der Waals surface area contributed by atoms with Gasteiger partial charge in [-0.25, -0.2) is 4.79 Å². The molecule has 1 aliphatic heterocycles. The lowest BCUT2D eigenvalue weighted by atomic mass is 9.98. The SMILES string of the molecule is Cc1cc(C(=O)Nc2cccc3c2O[C@H](CN(C)Cc2ccc(C(=O)O)cc2)[C@H](C)CN([C@@H](C)CO)C3=O)n(C)n1. The van der Waals surface area contributed by atoms with Crippen molar-refractivity contribution >= 4 is 23.5 Å². The summed E-state index contributed by atoms with van der Waals surface area (Å²) in [6, 6.07) is 13.1. The summed E-state index contributed by atoms with van der Waals surface area (Å²) in [5, 5.41) is 26.3. The fourth-order valence-electron chi connectivity index (χ4n) is 5.01. The smallest absolute Gasteiger partial charge is 0.335 e. The van der Waals surface area contributed by atoms with Crippen molar-refractivity contribution in [1.29, 1.82) is 0 Å². The Bertz CT molecular complexity index is 1420. The Morgan fingerprint density at radius 1 is 1.22 bits per heavy atom. The van der Waals surface area contributed by atoms with Gasteiger partial charge in [-0.05, 0) is 56.8 Å². The number of likely N-dealkylation sites (N-methyl/N-ethyl adjacent to an activating group) is 1. The molecule has 11 nitrogen and oxygen atoms in total. The molecule has 0 spiro atoms. The first-order valence-corrected chi connectivity index (χ1v) is 13.5. The van der Waals surface area contributed by atoms with Gasteiger partial charge in [0.25, 0.3) is 11.8 Å². The number of nitrogens with zero attached hydrogens (tertiary/aromatic N) is 4. The largest absolute Gasteiger partial charge is 0.486 e. The van der Waals surface area contributed by atoms with Crippen LogP contribution in [0.25, 0.3) is 0 Å². The number of carboxylic acid groups (broad SMARTS) is 1. The molecule has 218 valence electrons. The maximum absolute atomic E-state index is 13.7. The first-order chi connectivity index (χ1) is 19.5. The van der Waals surface area contributed by atoms with Crippen molar-refractivity contribution in [2.45, 2.75) is 39.5 Å². The van der Waals surface area contributed by atoms with E-state index in [-0.39, 0.29) is 41.8 Å². The van der Waals surface area contributed by atoms with Crippen molar-refractivity contribution < 1.29 is 29.3 Å². The number of rotatable bonds is 9. The number of aromatic carboxylic acids is 1. The van der Waals surface area contributed by atoms with Gasteiger partial charge >= 0.3 is 5.97 Å². The summed E-state index contributed by atoms with van der Waals surface area (Å²) < 4.78 is 8.07. The molecule has 0 saturated heterocycles. The van der Waals surface area contributed by atoms with Crippen LogP contribution in [0.4, 0.5) is 5.69 Å². The molecule has 0 radical (unpaired) electrons. The fraction of sp³-hybridized carbons (Fsp3) is 0.400. The maximum Gasteiger partial charge on any atom is 0.335 e. The number of benzene rings is 2. The van der Waals surface area contributed by atoms with E-state index in [4.69, 9.17) is 4.74 Å². The maximum atomic E-state index is 13.7. The van der Waals surface area contributed by atoms with Crippen LogP contribution < -0.4 is 10.1 Å². The van der Waals surface area contributed by atoms with E-state index in [1.807, 2.05) is 14.0 Å². The van der Waals surface area contributed by atoms with Gasteiger partial charge in [-0.3, -0.25) is 19.2 Å². The molecule has 3 aromatic rings.